The van der Waals surface area contributed by atoms with E-state index >= 15 is 0 Å². The van der Waals surface area contributed by atoms with Crippen LogP contribution in [0.15, 0.2) is 78.2 Å². The van der Waals surface area contributed by atoms with E-state index in [0.717, 1.165) is 0 Å². The average molecular weight is 285 g/mol. The number of nitrogens with zero attached hydrogens (tertiary/aromatic N) is 2. The van der Waals surface area contributed by atoms with E-state index in [1.165, 1.54) is 11.0 Å². The normalized spacial score (nSPS) is 13.3. The highest BCUT2D eigenvalue weighted by atomic mass is 16.2. The van der Waals surface area contributed by atoms with Crippen molar-refractivity contribution in [2.45, 2.75) is 0 Å². The minimum atomic E-state index is -0.0874. The lowest BCUT2D eigenvalue weighted by Gasteiger charge is -2.07. The predicted molar refractivity (Wildman–Crippen MR) is 91.1 cm³/mol. The smallest absolute Gasteiger partial charge is 0.250 e. The Bertz CT molecular complexity index is 480. The number of amides is 1. The van der Waals surface area contributed by atoms with Crippen molar-refractivity contribution in [2.75, 3.05) is 21.1 Å². The van der Waals surface area contributed by atoms with Crippen molar-refractivity contribution in [3.8, 4) is 0 Å². The van der Waals surface area contributed by atoms with Gasteiger partial charge in [0.25, 0.3) is 0 Å². The second kappa shape index (κ2) is 13.8. The van der Waals surface area contributed by atoms with Crippen LogP contribution in [-0.2, 0) is 4.79 Å². The lowest BCUT2D eigenvalue weighted by molar-refractivity contribution is -0.122. The van der Waals surface area contributed by atoms with Crippen molar-refractivity contribution in [2.24, 2.45) is 4.99 Å². The number of rotatable bonds is 8. The fourth-order valence-electron chi connectivity index (χ4n) is 1.12. The lowest BCUT2D eigenvalue weighted by Crippen LogP contribution is -2.17. The summed E-state index contributed by atoms with van der Waals surface area (Å²) in [6.07, 6.45) is 23.1. The summed E-state index contributed by atoms with van der Waals surface area (Å²) in [6, 6.07) is 0. The molecule has 0 radical (unpaired) electrons. The molecule has 0 saturated carbocycles. The lowest BCUT2D eigenvalue weighted by atomic mass is 10.4. The zero-order chi connectivity index (χ0) is 15.8. The summed E-state index contributed by atoms with van der Waals surface area (Å²) in [6.45, 7) is 0. The molecule has 0 aromatic heterocycles. The minimum absolute atomic E-state index is 0.0874. The number of allylic oxidation sites excluding steroid dienone is 9. The Morgan fingerprint density at radius 2 is 1.57 bits per heavy atom. The molecule has 0 saturated heterocycles. The number of carbonyl (C=O) groups is 1. The maximum absolute atomic E-state index is 11.7. The predicted octanol–water partition coefficient (Wildman–Crippen LogP) is 2.62. The molecule has 4 heteroatoms. The summed E-state index contributed by atoms with van der Waals surface area (Å²) in [5.41, 5.74) is 0. The van der Waals surface area contributed by atoms with Crippen LogP contribution >= 0.6 is 0 Å². The molecule has 0 aromatic rings. The van der Waals surface area contributed by atoms with Gasteiger partial charge in [0, 0.05) is 39.6 Å². The quantitative estimate of drug-likeness (QED) is 0.423. The van der Waals surface area contributed by atoms with Gasteiger partial charge in [-0.25, -0.2) is 0 Å². The fraction of sp³-hybridized carbons (Fsp3) is 0.176. The van der Waals surface area contributed by atoms with Crippen LogP contribution < -0.4 is 5.32 Å². The van der Waals surface area contributed by atoms with Gasteiger partial charge in [0.05, 0.1) is 0 Å². The SMILES string of the molecule is CN=CC=CC=CC=CN(C)C(=O)C=CC=CC=CNC. The molecule has 0 fully saturated rings. The largest absolute Gasteiger partial charge is 0.394 e. The van der Waals surface area contributed by atoms with Gasteiger partial charge >= 0.3 is 0 Å². The molecule has 0 aliphatic carbocycles. The Balaban J connectivity index is 4.17. The maximum atomic E-state index is 11.7. The van der Waals surface area contributed by atoms with Gasteiger partial charge < -0.3 is 10.2 Å². The van der Waals surface area contributed by atoms with Crippen LogP contribution in [0.1, 0.15) is 0 Å². The Kier molecular flexibility index (Phi) is 12.1. The van der Waals surface area contributed by atoms with E-state index in [0.29, 0.717) is 0 Å². The summed E-state index contributed by atoms with van der Waals surface area (Å²) in [5, 5.41) is 2.87. The van der Waals surface area contributed by atoms with Crippen LogP contribution in [0.25, 0.3) is 0 Å². The number of aliphatic imine (C=N–C) groups is 1. The van der Waals surface area contributed by atoms with E-state index in [1.807, 2.05) is 43.5 Å². The second-order valence-corrected chi connectivity index (χ2v) is 3.86. The molecule has 0 heterocycles. The highest BCUT2D eigenvalue weighted by molar-refractivity contribution is 5.88. The molecule has 0 unspecified atom stereocenters. The molecule has 0 aliphatic rings. The first-order chi connectivity index (χ1) is 10.2. The standard InChI is InChI=1S/C17H23N3O/c1-18-14-10-6-4-8-12-16-20(3)17(21)13-9-5-7-11-15-19-2/h4-16,19H,1-3H3. The summed E-state index contributed by atoms with van der Waals surface area (Å²) < 4.78 is 0. The molecule has 0 bridgehead atoms. The molecule has 1 amide bonds. The Hall–Kier alpha value is -2.62. The van der Waals surface area contributed by atoms with Crippen molar-refractivity contribution in [1.82, 2.24) is 10.2 Å². The van der Waals surface area contributed by atoms with Crippen LogP contribution in [-0.4, -0.2) is 38.2 Å². The first-order valence-corrected chi connectivity index (χ1v) is 6.58. The fourth-order valence-corrected chi connectivity index (χ4v) is 1.12. The summed E-state index contributed by atoms with van der Waals surface area (Å²) in [5.74, 6) is -0.0874. The van der Waals surface area contributed by atoms with E-state index in [2.05, 4.69) is 10.3 Å². The molecular formula is C17H23N3O. The number of likely N-dealkylation sites (N-methyl/N-ethyl adjacent to an activating group) is 1. The van der Waals surface area contributed by atoms with Crippen LogP contribution in [0.4, 0.5) is 0 Å². The molecule has 0 aromatic carbocycles. The first-order valence-electron chi connectivity index (χ1n) is 6.58. The number of carbonyl (C=O) groups excluding carboxylic acids is 1. The van der Waals surface area contributed by atoms with Gasteiger partial charge in [0.2, 0.25) is 5.91 Å². The Morgan fingerprint density at radius 1 is 0.952 bits per heavy atom. The highest BCUT2D eigenvalue weighted by Crippen LogP contribution is 1.91. The summed E-state index contributed by atoms with van der Waals surface area (Å²) in [4.78, 5) is 17.0. The monoisotopic (exact) mass is 285 g/mol. The van der Waals surface area contributed by atoms with E-state index in [4.69, 9.17) is 0 Å². The molecule has 21 heavy (non-hydrogen) atoms. The zero-order valence-electron chi connectivity index (χ0n) is 12.8. The third-order valence-corrected chi connectivity index (χ3v) is 2.17. The van der Waals surface area contributed by atoms with Crippen molar-refractivity contribution >= 4 is 12.1 Å². The summed E-state index contributed by atoms with van der Waals surface area (Å²) in [7, 11) is 5.25. The number of hydrogen-bond donors (Lipinski definition) is 1. The molecule has 1 N–H and O–H groups in total. The molecule has 0 aliphatic heterocycles. The van der Waals surface area contributed by atoms with Crippen LogP contribution in [0.5, 0.6) is 0 Å². The maximum Gasteiger partial charge on any atom is 0.250 e. The van der Waals surface area contributed by atoms with E-state index < -0.39 is 0 Å². The molecule has 112 valence electrons. The summed E-state index contributed by atoms with van der Waals surface area (Å²) >= 11 is 0. The van der Waals surface area contributed by atoms with Gasteiger partial charge in [0.1, 0.15) is 0 Å². The molecule has 0 rings (SSSR count). The van der Waals surface area contributed by atoms with Crippen molar-refractivity contribution in [1.29, 1.82) is 0 Å². The van der Waals surface area contributed by atoms with Crippen LogP contribution in [0.3, 0.4) is 0 Å². The zero-order valence-corrected chi connectivity index (χ0v) is 12.8. The average Bonchev–Trinajstić information content (AvgIpc) is 2.49. The molecule has 4 nitrogen and oxygen atoms in total. The van der Waals surface area contributed by atoms with Crippen molar-refractivity contribution in [3.63, 3.8) is 0 Å². The molecule has 0 spiro atoms. The van der Waals surface area contributed by atoms with Gasteiger partial charge in [-0.3, -0.25) is 9.79 Å². The first kappa shape index (κ1) is 18.4. The Morgan fingerprint density at radius 3 is 2.29 bits per heavy atom. The second-order valence-electron chi connectivity index (χ2n) is 3.86. The molecular weight excluding hydrogens is 262 g/mol. The van der Waals surface area contributed by atoms with E-state index in [1.54, 1.807) is 50.9 Å². The van der Waals surface area contributed by atoms with Gasteiger partial charge in [-0.15, -0.1) is 0 Å². The highest BCUT2D eigenvalue weighted by Gasteiger charge is 1.97. The van der Waals surface area contributed by atoms with Crippen LogP contribution in [0, 0.1) is 0 Å². The number of hydrogen-bond acceptors (Lipinski definition) is 3. The minimum Gasteiger partial charge on any atom is -0.394 e. The van der Waals surface area contributed by atoms with E-state index in [-0.39, 0.29) is 5.91 Å². The Labute approximate surface area is 127 Å². The van der Waals surface area contributed by atoms with Crippen molar-refractivity contribution in [3.05, 3.63) is 73.2 Å². The van der Waals surface area contributed by atoms with Gasteiger partial charge in [-0.05, 0) is 24.4 Å². The molecule has 0 atom stereocenters. The van der Waals surface area contributed by atoms with Gasteiger partial charge in [0.15, 0.2) is 0 Å². The van der Waals surface area contributed by atoms with Crippen LogP contribution in [0.2, 0.25) is 0 Å². The third-order valence-electron chi connectivity index (χ3n) is 2.17. The van der Waals surface area contributed by atoms with Gasteiger partial charge in [-0.1, -0.05) is 36.5 Å². The van der Waals surface area contributed by atoms with Crippen molar-refractivity contribution < 1.29 is 4.79 Å². The van der Waals surface area contributed by atoms with Gasteiger partial charge in [-0.2, -0.15) is 0 Å². The number of nitrogens with one attached hydrogen (secondary N) is 1. The van der Waals surface area contributed by atoms with E-state index in [9.17, 15) is 4.79 Å². The topological polar surface area (TPSA) is 44.7 Å². The third kappa shape index (κ3) is 12.2.